The molecular weight excluding hydrogens is 456 g/mol. The Balaban J connectivity index is 1.83. The Kier molecular flexibility index (Phi) is 5.94. The second-order valence-electron chi connectivity index (χ2n) is 8.35. The van der Waals surface area contributed by atoms with Crippen molar-refractivity contribution in [1.82, 2.24) is 14.5 Å². The normalized spacial score (nSPS) is 15.5. The first kappa shape index (κ1) is 22.9. The second-order valence-corrected chi connectivity index (χ2v) is 8.35. The highest BCUT2D eigenvalue weighted by Gasteiger charge is 2.28. The van der Waals surface area contributed by atoms with Crippen LogP contribution < -0.4 is 15.0 Å². The third kappa shape index (κ3) is 3.81. The molecule has 7 nitrogen and oxygen atoms in total. The molecule has 0 amide bonds. The van der Waals surface area contributed by atoms with Crippen LogP contribution in [-0.4, -0.2) is 42.0 Å². The number of hydrogen-bond acceptors (Lipinski definition) is 6. The van der Waals surface area contributed by atoms with Gasteiger partial charge in [-0.25, -0.2) is 8.78 Å². The highest BCUT2D eigenvalue weighted by atomic mass is 19.1. The Bertz CT molecular complexity index is 1470. The molecule has 0 saturated carbocycles. The number of ether oxygens (including phenoxy) is 3. The molecule has 35 heavy (non-hydrogen) atoms. The van der Waals surface area contributed by atoms with Gasteiger partial charge in [-0.05, 0) is 37.1 Å². The van der Waals surface area contributed by atoms with Crippen molar-refractivity contribution >= 4 is 10.9 Å². The van der Waals surface area contributed by atoms with Crippen LogP contribution in [0.15, 0.2) is 47.7 Å². The molecule has 0 spiro atoms. The topological polar surface area (TPSA) is 75.5 Å². The molecule has 3 aromatic heterocycles. The fourth-order valence-electron chi connectivity index (χ4n) is 4.50. The van der Waals surface area contributed by atoms with E-state index in [9.17, 15) is 4.79 Å². The van der Waals surface area contributed by atoms with Gasteiger partial charge in [0.15, 0.2) is 23.1 Å². The maximum absolute atomic E-state index is 15.3. The molecule has 1 saturated heterocycles. The molecule has 1 atom stereocenters. The molecule has 180 valence electrons. The van der Waals surface area contributed by atoms with Crippen molar-refractivity contribution in [2.24, 2.45) is 0 Å². The monoisotopic (exact) mass is 479 g/mol. The van der Waals surface area contributed by atoms with Gasteiger partial charge in [0.2, 0.25) is 0 Å². The number of methoxy groups -OCH3 is 2. The minimum atomic E-state index is -0.980. The largest absolute Gasteiger partial charge is 0.494 e. The molecule has 0 aliphatic carbocycles. The third-order valence-corrected chi connectivity index (χ3v) is 6.35. The van der Waals surface area contributed by atoms with Gasteiger partial charge in [-0.2, -0.15) is 0 Å². The summed E-state index contributed by atoms with van der Waals surface area (Å²) in [6.45, 7) is 2.75. The summed E-state index contributed by atoms with van der Waals surface area (Å²) in [5.74, 6) is -2.41. The molecule has 0 bridgehead atoms. The second kappa shape index (κ2) is 9.07. The fourth-order valence-corrected chi connectivity index (χ4v) is 4.50. The minimum Gasteiger partial charge on any atom is -0.494 e. The van der Waals surface area contributed by atoms with Crippen molar-refractivity contribution in [2.75, 3.05) is 27.4 Å². The zero-order valence-corrected chi connectivity index (χ0v) is 19.5. The zero-order valence-electron chi connectivity index (χ0n) is 19.5. The summed E-state index contributed by atoms with van der Waals surface area (Å²) in [7, 11) is 2.53. The van der Waals surface area contributed by atoms with E-state index < -0.39 is 22.8 Å². The Labute approximate surface area is 199 Å². The SMILES string of the molecule is COc1cc(OC)c(F)c(-c2cc3cnc(-c4cnccc4C)cc3n(C3CCOC3)c2=O)c1F. The molecule has 1 aliphatic heterocycles. The van der Waals surface area contributed by atoms with Crippen LogP contribution in [0.25, 0.3) is 33.3 Å². The first-order valence-corrected chi connectivity index (χ1v) is 11.1. The van der Waals surface area contributed by atoms with Crippen molar-refractivity contribution in [1.29, 1.82) is 0 Å². The number of fused-ring (bicyclic) bond motifs is 1. The van der Waals surface area contributed by atoms with E-state index >= 15 is 8.78 Å². The average Bonchev–Trinajstić information content (AvgIpc) is 3.39. The molecule has 0 radical (unpaired) electrons. The first-order chi connectivity index (χ1) is 16.9. The van der Waals surface area contributed by atoms with Crippen LogP contribution in [0.3, 0.4) is 0 Å². The van der Waals surface area contributed by atoms with Crippen LogP contribution in [0.4, 0.5) is 8.78 Å². The Hall–Kier alpha value is -3.85. The molecule has 9 heteroatoms. The molecule has 0 N–H and O–H groups in total. The van der Waals surface area contributed by atoms with E-state index in [1.54, 1.807) is 23.2 Å². The summed E-state index contributed by atoms with van der Waals surface area (Å²) in [4.78, 5) is 22.6. The van der Waals surface area contributed by atoms with Gasteiger partial charge >= 0.3 is 0 Å². The van der Waals surface area contributed by atoms with E-state index in [-0.39, 0.29) is 23.1 Å². The van der Waals surface area contributed by atoms with Gasteiger partial charge in [-0.1, -0.05) is 0 Å². The molecular formula is C26H23F2N3O4. The van der Waals surface area contributed by atoms with E-state index in [2.05, 4.69) is 9.97 Å². The number of pyridine rings is 3. The molecule has 4 heterocycles. The number of halogens is 2. The number of rotatable bonds is 5. The summed E-state index contributed by atoms with van der Waals surface area (Å²) in [5.41, 5.74) is 1.85. The van der Waals surface area contributed by atoms with Crippen molar-refractivity contribution in [3.63, 3.8) is 0 Å². The first-order valence-electron chi connectivity index (χ1n) is 11.1. The maximum Gasteiger partial charge on any atom is 0.259 e. The molecule has 4 aromatic rings. The summed E-state index contributed by atoms with van der Waals surface area (Å²) in [6.07, 6.45) is 5.60. The number of nitrogens with zero attached hydrogens (tertiary/aromatic N) is 3. The minimum absolute atomic E-state index is 0.149. The van der Waals surface area contributed by atoms with Crippen molar-refractivity contribution in [2.45, 2.75) is 19.4 Å². The Morgan fingerprint density at radius 2 is 1.80 bits per heavy atom. The van der Waals surface area contributed by atoms with Crippen molar-refractivity contribution < 1.29 is 23.0 Å². The van der Waals surface area contributed by atoms with E-state index in [0.717, 1.165) is 17.2 Å². The van der Waals surface area contributed by atoms with Gasteiger partial charge in [-0.15, -0.1) is 0 Å². The summed E-state index contributed by atoms with van der Waals surface area (Å²) in [6, 6.07) is 5.96. The van der Waals surface area contributed by atoms with Crippen molar-refractivity contribution in [3.8, 4) is 33.9 Å². The smallest absolute Gasteiger partial charge is 0.259 e. The van der Waals surface area contributed by atoms with Gasteiger partial charge in [0.1, 0.15) is 0 Å². The van der Waals surface area contributed by atoms with E-state index in [1.807, 2.05) is 19.1 Å². The molecule has 1 unspecified atom stereocenters. The standard InChI is InChI=1S/C26H23F2N3O4/c1-14-4-6-29-12-18(14)19-9-20-15(11-30-19)8-17(26(32)31(20)16-5-7-35-13-16)23-24(27)21(33-2)10-22(34-3)25(23)28/h4,6,8-12,16H,5,7,13H2,1-3H3. The lowest BCUT2D eigenvalue weighted by Gasteiger charge is -2.19. The third-order valence-electron chi connectivity index (χ3n) is 6.35. The van der Waals surface area contributed by atoms with Crippen LogP contribution in [-0.2, 0) is 4.74 Å². The molecule has 1 fully saturated rings. The van der Waals surface area contributed by atoms with Crippen molar-refractivity contribution in [3.05, 3.63) is 70.4 Å². The van der Waals surface area contributed by atoms with Gasteiger partial charge in [-0.3, -0.25) is 14.8 Å². The number of aromatic nitrogens is 3. The van der Waals surface area contributed by atoms with Crippen LogP contribution >= 0.6 is 0 Å². The van der Waals surface area contributed by atoms with Crippen LogP contribution in [0.5, 0.6) is 11.5 Å². The highest BCUT2D eigenvalue weighted by Crippen LogP contribution is 2.38. The summed E-state index contributed by atoms with van der Waals surface area (Å²) in [5, 5.41) is 0.553. The lowest BCUT2D eigenvalue weighted by molar-refractivity contribution is 0.186. The Morgan fingerprint density at radius 3 is 2.43 bits per heavy atom. The zero-order chi connectivity index (χ0) is 24.7. The maximum atomic E-state index is 15.3. The number of benzene rings is 1. The fraction of sp³-hybridized carbons (Fsp3) is 0.269. The lowest BCUT2D eigenvalue weighted by atomic mass is 10.0. The van der Waals surface area contributed by atoms with Gasteiger partial charge < -0.3 is 18.8 Å². The Morgan fingerprint density at radius 1 is 1.06 bits per heavy atom. The predicted molar refractivity (Wildman–Crippen MR) is 127 cm³/mol. The summed E-state index contributed by atoms with van der Waals surface area (Å²) < 4.78 is 47.9. The van der Waals surface area contributed by atoms with Gasteiger partial charge in [0, 0.05) is 42.2 Å². The molecule has 1 aromatic carbocycles. The summed E-state index contributed by atoms with van der Waals surface area (Å²) >= 11 is 0. The van der Waals surface area contributed by atoms with Gasteiger partial charge in [0.05, 0.1) is 49.2 Å². The number of aryl methyl sites for hydroxylation is 1. The molecule has 5 rings (SSSR count). The van der Waals surface area contributed by atoms with Crippen LogP contribution in [0, 0.1) is 18.6 Å². The van der Waals surface area contributed by atoms with E-state index in [4.69, 9.17) is 14.2 Å². The van der Waals surface area contributed by atoms with Crippen LogP contribution in [0.1, 0.15) is 18.0 Å². The lowest BCUT2D eigenvalue weighted by Crippen LogP contribution is -2.27. The quantitative estimate of drug-likeness (QED) is 0.413. The van der Waals surface area contributed by atoms with E-state index in [0.29, 0.717) is 36.2 Å². The molecule has 1 aliphatic rings. The predicted octanol–water partition coefficient (Wildman–Crippen LogP) is 4.69. The average molecular weight is 479 g/mol. The highest BCUT2D eigenvalue weighted by molar-refractivity contribution is 5.87. The van der Waals surface area contributed by atoms with Crippen LogP contribution in [0.2, 0.25) is 0 Å². The number of hydrogen-bond donors (Lipinski definition) is 0. The van der Waals surface area contributed by atoms with E-state index in [1.165, 1.54) is 20.3 Å². The van der Waals surface area contributed by atoms with Gasteiger partial charge in [0.25, 0.3) is 5.56 Å².